The van der Waals surface area contributed by atoms with Crippen LogP contribution in [0.15, 0.2) is 21.5 Å². The van der Waals surface area contributed by atoms with Crippen molar-refractivity contribution in [2.45, 2.75) is 62.5 Å². The Hall–Kier alpha value is -2.39. The van der Waals surface area contributed by atoms with Crippen LogP contribution in [0.25, 0.3) is 0 Å². The Morgan fingerprint density at radius 2 is 1.97 bits per heavy atom. The molecule has 0 saturated carbocycles. The first-order valence-electron chi connectivity index (χ1n) is 9.99. The van der Waals surface area contributed by atoms with Gasteiger partial charge in [-0.05, 0) is 67.7 Å². The van der Waals surface area contributed by atoms with Crippen molar-refractivity contribution in [2.75, 3.05) is 11.9 Å². The second kappa shape index (κ2) is 6.84. The van der Waals surface area contributed by atoms with Gasteiger partial charge < -0.3 is 15.2 Å². The number of nitrogens with zero attached hydrogens (tertiary/aromatic N) is 3. The Kier molecular flexibility index (Phi) is 4.40. The number of aromatic nitrogens is 2. The third kappa shape index (κ3) is 3.32. The number of anilines is 1. The molecule has 5 rings (SSSR count). The van der Waals surface area contributed by atoms with Gasteiger partial charge in [-0.3, -0.25) is 0 Å². The lowest BCUT2D eigenvalue weighted by Crippen LogP contribution is -2.41. The summed E-state index contributed by atoms with van der Waals surface area (Å²) < 4.78 is 23.6. The minimum absolute atomic E-state index is 0.0728. The number of carbonyl (C=O) groups excluding carboxylic acids is 1. The summed E-state index contributed by atoms with van der Waals surface area (Å²) in [5.74, 6) is 0.302. The maximum absolute atomic E-state index is 12.7. The number of urea groups is 1. The number of amides is 2. The highest BCUT2D eigenvalue weighted by Crippen LogP contribution is 2.38. The molecule has 3 aliphatic rings. The van der Waals surface area contributed by atoms with E-state index in [1.165, 1.54) is 33.1 Å². The first-order valence-corrected chi connectivity index (χ1v) is 11.2. The van der Waals surface area contributed by atoms with E-state index in [2.05, 4.69) is 20.8 Å². The van der Waals surface area contributed by atoms with E-state index in [0.717, 1.165) is 44.2 Å². The Bertz CT molecular complexity index is 1070. The average molecular weight is 417 g/mol. The molecule has 1 unspecified atom stereocenters. The van der Waals surface area contributed by atoms with Crippen molar-refractivity contribution in [3.05, 3.63) is 34.5 Å². The van der Waals surface area contributed by atoms with E-state index >= 15 is 0 Å². The van der Waals surface area contributed by atoms with E-state index in [1.807, 2.05) is 0 Å². The molecule has 1 aromatic carbocycles. The van der Waals surface area contributed by atoms with Crippen LogP contribution in [0.5, 0.6) is 5.88 Å². The third-order valence-corrected chi connectivity index (χ3v) is 6.96. The Morgan fingerprint density at radius 3 is 2.66 bits per heavy atom. The van der Waals surface area contributed by atoms with E-state index in [9.17, 15) is 14.1 Å². The first-order chi connectivity index (χ1) is 13.9. The van der Waals surface area contributed by atoms with Crippen LogP contribution in [0.4, 0.5) is 10.5 Å². The van der Waals surface area contributed by atoms with Gasteiger partial charge in [-0.15, -0.1) is 4.36 Å². The quantitative estimate of drug-likeness (QED) is 0.651. The van der Waals surface area contributed by atoms with Crippen LogP contribution in [-0.2, 0) is 42.8 Å². The fourth-order valence-corrected chi connectivity index (χ4v) is 5.40. The van der Waals surface area contributed by atoms with E-state index in [1.54, 1.807) is 6.92 Å². The van der Waals surface area contributed by atoms with Crippen LogP contribution < -0.4 is 10.1 Å². The number of hydrogen-bond acceptors (Lipinski definition) is 5. The molecular weight excluding hydrogens is 392 g/mol. The lowest BCUT2D eigenvalue weighted by molar-refractivity contribution is -0.0324. The van der Waals surface area contributed by atoms with Crippen LogP contribution >= 0.6 is 0 Å². The molecule has 2 aliphatic carbocycles. The number of nitrogens with one attached hydrogen (secondary N) is 1. The van der Waals surface area contributed by atoms with Crippen molar-refractivity contribution >= 4 is 22.3 Å². The summed E-state index contributed by atoms with van der Waals surface area (Å²) in [6.07, 6.45) is 7.57. The number of carbonyl (C=O) groups is 1. The summed E-state index contributed by atoms with van der Waals surface area (Å²) in [5.41, 5.74) is 4.89. The number of ether oxygens (including phenoxy) is 1. The molecule has 2 amide bonds. The summed E-state index contributed by atoms with van der Waals surface area (Å²) >= 11 is 0. The number of fused-ring (bicyclic) bond motifs is 3. The second-order valence-electron chi connectivity index (χ2n) is 8.32. The summed E-state index contributed by atoms with van der Waals surface area (Å²) in [6, 6.07) is 1.69. The monoisotopic (exact) mass is 416 g/mol. The number of rotatable bonds is 2. The van der Waals surface area contributed by atoms with Gasteiger partial charge in [0.05, 0.1) is 23.3 Å². The smallest absolute Gasteiger partial charge is 0.353 e. The van der Waals surface area contributed by atoms with Gasteiger partial charge in [0.2, 0.25) is 5.88 Å². The second-order valence-corrected chi connectivity index (χ2v) is 9.54. The van der Waals surface area contributed by atoms with Crippen molar-refractivity contribution in [2.24, 2.45) is 4.36 Å². The number of benzene rings is 1. The van der Waals surface area contributed by atoms with Crippen molar-refractivity contribution in [1.29, 1.82) is 0 Å². The molecule has 2 heterocycles. The highest BCUT2D eigenvalue weighted by atomic mass is 32.2. The van der Waals surface area contributed by atoms with E-state index < -0.39 is 22.2 Å². The van der Waals surface area contributed by atoms with Gasteiger partial charge in [-0.2, -0.15) is 5.10 Å². The minimum Gasteiger partial charge on any atom is -0.474 e. The fourth-order valence-electron chi connectivity index (χ4n) is 4.58. The average Bonchev–Trinajstić information content (AvgIpc) is 3.38. The van der Waals surface area contributed by atoms with E-state index in [-0.39, 0.29) is 18.0 Å². The normalized spacial score (nSPS) is 23.2. The molecule has 2 atom stereocenters. The highest BCUT2D eigenvalue weighted by Gasteiger charge is 2.31. The molecule has 2 aromatic rings. The van der Waals surface area contributed by atoms with Gasteiger partial charge in [-0.25, -0.2) is 13.7 Å². The van der Waals surface area contributed by atoms with Crippen LogP contribution in [0.3, 0.4) is 0 Å². The number of aryl methyl sites for hydroxylation is 2. The van der Waals surface area contributed by atoms with E-state index in [0.29, 0.717) is 5.88 Å². The third-order valence-electron chi connectivity index (χ3n) is 5.88. The molecule has 0 radical (unpaired) electrons. The molecule has 0 fully saturated rings. The zero-order valence-corrected chi connectivity index (χ0v) is 17.2. The molecule has 29 heavy (non-hydrogen) atoms. The summed E-state index contributed by atoms with van der Waals surface area (Å²) in [6.45, 7) is 1.95. The van der Waals surface area contributed by atoms with Gasteiger partial charge in [0.15, 0.2) is 0 Å². The van der Waals surface area contributed by atoms with Crippen molar-refractivity contribution in [3.63, 3.8) is 0 Å². The zero-order chi connectivity index (χ0) is 20.2. The Labute approximate surface area is 170 Å². The maximum Gasteiger partial charge on any atom is 0.353 e. The molecule has 8 nitrogen and oxygen atoms in total. The SMILES string of the molecule is C[C@@]1(O)COc2c([SH](=O)=NC(=O)Nc3c4c(cc5c3CCC5)CCC4)cnn2C1. The van der Waals surface area contributed by atoms with Crippen LogP contribution in [0, 0.1) is 0 Å². The van der Waals surface area contributed by atoms with E-state index in [4.69, 9.17) is 4.74 Å². The standard InChI is InChI=1S/C20H24N4O4S/c1-20(26)10-24-18(28-11-20)16(9-21-24)29(27)23-19(25)22-17-14-6-2-4-12(14)8-13-5-3-7-15(13)17/h8-9,26,29H,2-7,10-11H2,1H3,(H,22,25)/t20-/m0/s1. The van der Waals surface area contributed by atoms with Gasteiger partial charge in [0, 0.05) is 5.69 Å². The van der Waals surface area contributed by atoms with Gasteiger partial charge in [-0.1, -0.05) is 6.07 Å². The number of hydrogen-bond donors (Lipinski definition) is 3. The predicted octanol–water partition coefficient (Wildman–Crippen LogP) is 2.26. The highest BCUT2D eigenvalue weighted by molar-refractivity contribution is 7.75. The van der Waals surface area contributed by atoms with Gasteiger partial charge in [0.1, 0.15) is 17.1 Å². The number of thiol groups is 1. The molecule has 0 saturated heterocycles. The molecular formula is C20H24N4O4S. The first kappa shape index (κ1) is 18.6. The summed E-state index contributed by atoms with van der Waals surface area (Å²) in [5, 5.41) is 17.1. The zero-order valence-electron chi connectivity index (χ0n) is 16.3. The Morgan fingerprint density at radius 1 is 1.28 bits per heavy atom. The van der Waals surface area contributed by atoms with Crippen molar-refractivity contribution < 1.29 is 18.8 Å². The van der Waals surface area contributed by atoms with Gasteiger partial charge >= 0.3 is 6.03 Å². The van der Waals surface area contributed by atoms with Crippen molar-refractivity contribution in [1.82, 2.24) is 9.78 Å². The maximum atomic E-state index is 12.7. The van der Waals surface area contributed by atoms with Crippen LogP contribution in [0.2, 0.25) is 0 Å². The predicted molar refractivity (Wildman–Crippen MR) is 108 cm³/mol. The lowest BCUT2D eigenvalue weighted by atomic mass is 9.99. The topological polar surface area (TPSA) is 106 Å². The fraction of sp³-hybridized carbons (Fsp3) is 0.500. The van der Waals surface area contributed by atoms with Crippen molar-refractivity contribution in [3.8, 4) is 5.88 Å². The molecule has 0 spiro atoms. The lowest BCUT2D eigenvalue weighted by Gasteiger charge is -2.29. The molecule has 9 heteroatoms. The molecule has 2 N–H and O–H groups in total. The van der Waals surface area contributed by atoms with Gasteiger partial charge in [0.25, 0.3) is 0 Å². The molecule has 154 valence electrons. The summed E-state index contributed by atoms with van der Waals surface area (Å²) in [7, 11) is -2.36. The number of aliphatic hydroxyl groups is 1. The molecule has 1 aliphatic heterocycles. The van der Waals surface area contributed by atoms with Crippen LogP contribution in [0.1, 0.15) is 42.0 Å². The summed E-state index contributed by atoms with van der Waals surface area (Å²) in [4.78, 5) is 12.9. The Balaban J connectivity index is 1.42. The molecule has 0 bridgehead atoms. The molecule has 1 aromatic heterocycles. The minimum atomic E-state index is -2.36. The van der Waals surface area contributed by atoms with Crippen LogP contribution in [-0.4, -0.2) is 37.3 Å². The largest absolute Gasteiger partial charge is 0.474 e.